The van der Waals surface area contributed by atoms with Gasteiger partial charge in [-0.3, -0.25) is 4.90 Å². The molecule has 0 aromatic carbocycles. The largest absolute Gasteiger partial charge is 0.374 e. The summed E-state index contributed by atoms with van der Waals surface area (Å²) in [6.45, 7) is 19.3. The fourth-order valence-corrected chi connectivity index (χ4v) is 3.63. The second kappa shape index (κ2) is 17.0. The normalized spacial score (nSPS) is 20.5. The van der Waals surface area contributed by atoms with Crippen LogP contribution in [0.2, 0.25) is 0 Å². The number of nitrogens with zero attached hydrogens (tertiary/aromatic N) is 3. The highest BCUT2D eigenvalue weighted by Crippen LogP contribution is 2.08. The van der Waals surface area contributed by atoms with Crippen LogP contribution in [0.15, 0.2) is 60.9 Å². The third-order valence-corrected chi connectivity index (χ3v) is 6.09. The second-order valence-electron chi connectivity index (χ2n) is 9.14. The Bertz CT molecular complexity index is 559. The van der Waals surface area contributed by atoms with Crippen LogP contribution in [0.3, 0.4) is 0 Å². The van der Waals surface area contributed by atoms with Gasteiger partial charge in [-0.25, -0.2) is 0 Å². The molecule has 0 N–H and O–H groups in total. The van der Waals surface area contributed by atoms with Gasteiger partial charge < -0.3 is 9.80 Å². The van der Waals surface area contributed by atoms with Crippen LogP contribution in [0.1, 0.15) is 67.2 Å². The molecule has 3 aliphatic heterocycles. The molecule has 0 saturated carbocycles. The van der Waals surface area contributed by atoms with Crippen LogP contribution >= 0.6 is 0 Å². The van der Waals surface area contributed by atoms with Crippen LogP contribution in [0, 0.1) is 0 Å². The first-order chi connectivity index (χ1) is 15.0. The molecule has 3 aliphatic rings. The Balaban J connectivity index is 0.000000233. The predicted molar refractivity (Wildman–Crippen MR) is 139 cm³/mol. The smallest absolute Gasteiger partial charge is 0.0253 e. The molecule has 176 valence electrons. The lowest BCUT2D eigenvalue weighted by atomic mass is 10.2. The molecule has 0 fully saturated rings. The minimum atomic E-state index is 0.660. The molecular weight excluding hydrogens is 378 g/mol. The number of allylic oxidation sites excluding steroid dienone is 4. The summed E-state index contributed by atoms with van der Waals surface area (Å²) >= 11 is 0. The Morgan fingerprint density at radius 1 is 0.613 bits per heavy atom. The fourth-order valence-electron chi connectivity index (χ4n) is 3.63. The van der Waals surface area contributed by atoms with Crippen molar-refractivity contribution in [2.24, 2.45) is 0 Å². The van der Waals surface area contributed by atoms with Crippen LogP contribution in [0.4, 0.5) is 0 Å². The van der Waals surface area contributed by atoms with Crippen LogP contribution in [0.25, 0.3) is 0 Å². The molecule has 0 saturated heterocycles. The van der Waals surface area contributed by atoms with Gasteiger partial charge in [-0.2, -0.15) is 0 Å². The SMILES string of the molecule is CC(C)N1CC=CC=CC1.CC(C)N1CCC=CCC1.CCC(C)N1C=CC=CCC1. The average molecular weight is 428 g/mol. The van der Waals surface area contributed by atoms with Crippen molar-refractivity contribution in [2.75, 3.05) is 32.7 Å². The molecule has 0 bridgehead atoms. The molecule has 0 aromatic rings. The summed E-state index contributed by atoms with van der Waals surface area (Å²) in [5.41, 5.74) is 0. The summed E-state index contributed by atoms with van der Waals surface area (Å²) in [4.78, 5) is 7.35. The highest BCUT2D eigenvalue weighted by atomic mass is 15.1. The van der Waals surface area contributed by atoms with E-state index in [9.17, 15) is 0 Å². The van der Waals surface area contributed by atoms with Crippen molar-refractivity contribution < 1.29 is 0 Å². The van der Waals surface area contributed by atoms with Crippen molar-refractivity contribution >= 4 is 0 Å². The van der Waals surface area contributed by atoms with Gasteiger partial charge in [0.25, 0.3) is 0 Å². The Morgan fingerprint density at radius 2 is 1.13 bits per heavy atom. The summed E-state index contributed by atoms with van der Waals surface area (Å²) in [6.07, 6.45) is 26.7. The average Bonchev–Trinajstić information content (AvgIpc) is 3.30. The Morgan fingerprint density at radius 3 is 1.65 bits per heavy atom. The van der Waals surface area contributed by atoms with Crippen LogP contribution < -0.4 is 0 Å². The van der Waals surface area contributed by atoms with Gasteiger partial charge in [-0.1, -0.05) is 55.5 Å². The molecule has 3 rings (SSSR count). The van der Waals surface area contributed by atoms with Gasteiger partial charge in [0.15, 0.2) is 0 Å². The molecule has 0 amide bonds. The van der Waals surface area contributed by atoms with E-state index >= 15 is 0 Å². The van der Waals surface area contributed by atoms with Crippen molar-refractivity contribution in [3.63, 3.8) is 0 Å². The Kier molecular flexibility index (Phi) is 15.1. The van der Waals surface area contributed by atoms with E-state index < -0.39 is 0 Å². The van der Waals surface area contributed by atoms with Crippen LogP contribution in [0.5, 0.6) is 0 Å². The van der Waals surface area contributed by atoms with E-state index in [1.807, 2.05) is 0 Å². The Hall–Kier alpha value is -1.58. The lowest BCUT2D eigenvalue weighted by Crippen LogP contribution is -2.31. The third kappa shape index (κ3) is 12.8. The summed E-state index contributed by atoms with van der Waals surface area (Å²) in [5, 5.41) is 0. The molecule has 0 radical (unpaired) electrons. The first-order valence-corrected chi connectivity index (χ1v) is 12.5. The zero-order valence-electron chi connectivity index (χ0n) is 21.2. The zero-order chi connectivity index (χ0) is 22.9. The maximum atomic E-state index is 2.53. The molecule has 0 aromatic heterocycles. The number of rotatable bonds is 4. The monoisotopic (exact) mass is 427 g/mol. The van der Waals surface area contributed by atoms with Gasteiger partial charge in [0, 0.05) is 50.8 Å². The number of hydrogen-bond acceptors (Lipinski definition) is 3. The maximum Gasteiger partial charge on any atom is 0.0253 e. The topological polar surface area (TPSA) is 9.72 Å². The van der Waals surface area contributed by atoms with Crippen LogP contribution in [-0.2, 0) is 0 Å². The molecule has 3 heteroatoms. The van der Waals surface area contributed by atoms with Gasteiger partial charge in [0.05, 0.1) is 0 Å². The first-order valence-electron chi connectivity index (χ1n) is 12.5. The summed E-state index contributed by atoms with van der Waals surface area (Å²) in [5.74, 6) is 0. The number of hydrogen-bond donors (Lipinski definition) is 0. The molecule has 3 nitrogen and oxygen atoms in total. The minimum absolute atomic E-state index is 0.660. The maximum absolute atomic E-state index is 2.53. The van der Waals surface area contributed by atoms with E-state index in [1.165, 1.54) is 45.3 Å². The summed E-state index contributed by atoms with van der Waals surface area (Å²) in [6, 6.07) is 2.07. The zero-order valence-corrected chi connectivity index (χ0v) is 21.2. The molecule has 1 atom stereocenters. The molecule has 0 spiro atoms. The van der Waals surface area contributed by atoms with Gasteiger partial charge in [0.1, 0.15) is 0 Å². The minimum Gasteiger partial charge on any atom is -0.374 e. The first kappa shape index (κ1) is 27.5. The van der Waals surface area contributed by atoms with Crippen molar-refractivity contribution in [2.45, 2.75) is 85.4 Å². The van der Waals surface area contributed by atoms with E-state index in [4.69, 9.17) is 0 Å². The van der Waals surface area contributed by atoms with E-state index in [2.05, 4.69) is 117 Å². The molecule has 0 aliphatic carbocycles. The standard InChI is InChI=1S/C10H17N.C9H17N.C9H15N/c1-3-10(2)11-8-6-4-5-7-9-11;2*1-9(2)10-7-5-3-4-6-8-10/h4-6,8,10H,3,7,9H2,1-2H3;3-4,9H,5-8H2,1-2H3;3-6,9H,7-8H2,1-2H3. The van der Waals surface area contributed by atoms with Crippen LogP contribution in [-0.4, -0.2) is 65.5 Å². The lowest BCUT2D eigenvalue weighted by Gasteiger charge is -2.25. The molecular formula is C28H49N3. The van der Waals surface area contributed by atoms with E-state index in [0.29, 0.717) is 12.1 Å². The van der Waals surface area contributed by atoms with Gasteiger partial charge in [-0.05, 0) is 72.6 Å². The predicted octanol–water partition coefficient (Wildman–Crippen LogP) is 6.43. The van der Waals surface area contributed by atoms with Crippen molar-refractivity contribution in [3.8, 4) is 0 Å². The molecule has 1 unspecified atom stereocenters. The third-order valence-electron chi connectivity index (χ3n) is 6.09. The molecule has 3 heterocycles. The van der Waals surface area contributed by atoms with Gasteiger partial charge in [-0.15, -0.1) is 0 Å². The van der Waals surface area contributed by atoms with E-state index in [1.54, 1.807) is 0 Å². The fraction of sp³-hybridized carbons (Fsp3) is 0.643. The second-order valence-corrected chi connectivity index (χ2v) is 9.14. The van der Waals surface area contributed by atoms with E-state index in [-0.39, 0.29) is 0 Å². The summed E-state index contributed by atoms with van der Waals surface area (Å²) in [7, 11) is 0. The van der Waals surface area contributed by atoms with Gasteiger partial charge in [0.2, 0.25) is 0 Å². The summed E-state index contributed by atoms with van der Waals surface area (Å²) < 4.78 is 0. The van der Waals surface area contributed by atoms with E-state index in [0.717, 1.165) is 19.1 Å². The lowest BCUT2D eigenvalue weighted by molar-refractivity contribution is 0.234. The highest BCUT2D eigenvalue weighted by Gasteiger charge is 2.08. The van der Waals surface area contributed by atoms with Crippen molar-refractivity contribution in [1.82, 2.24) is 14.7 Å². The van der Waals surface area contributed by atoms with Gasteiger partial charge >= 0.3 is 0 Å². The molecule has 31 heavy (non-hydrogen) atoms. The highest BCUT2D eigenvalue weighted by molar-refractivity contribution is 5.07. The van der Waals surface area contributed by atoms with Crippen molar-refractivity contribution in [1.29, 1.82) is 0 Å². The van der Waals surface area contributed by atoms with Crippen molar-refractivity contribution in [3.05, 3.63) is 60.9 Å². The Labute approximate surface area is 193 Å². The quantitative estimate of drug-likeness (QED) is 0.479.